The molecule has 2 aromatic rings. The molecule has 0 spiro atoms. The maximum absolute atomic E-state index is 2.40. The maximum Gasteiger partial charge on any atom is 0.0795 e. The molecule has 0 saturated carbocycles. The molecule has 0 atom stereocenters. The van der Waals surface area contributed by atoms with Crippen LogP contribution in [0, 0.1) is 0 Å². The first-order valence-corrected chi connectivity index (χ1v) is 9.65. The van der Waals surface area contributed by atoms with E-state index >= 15 is 0 Å². The van der Waals surface area contributed by atoms with Crippen LogP contribution in [0.1, 0.15) is 0 Å². The van der Waals surface area contributed by atoms with E-state index in [2.05, 4.69) is 60.7 Å². The molecule has 1 aromatic carbocycles. The molecule has 0 N–H and O–H groups in total. The first kappa shape index (κ1) is 10.6. The Balaban J connectivity index is 2.51. The van der Waals surface area contributed by atoms with Crippen LogP contribution in [-0.4, -0.2) is 8.07 Å². The Bertz CT molecular complexity index is 437. The van der Waals surface area contributed by atoms with Gasteiger partial charge in [0.1, 0.15) is 0 Å². The number of thiophene rings is 1. The highest BCUT2D eigenvalue weighted by atomic mass is 32.1. The van der Waals surface area contributed by atoms with E-state index < -0.39 is 8.07 Å². The monoisotopic (exact) mass is 232 g/mol. The maximum atomic E-state index is 2.40. The lowest BCUT2D eigenvalue weighted by atomic mass is 10.1. The van der Waals surface area contributed by atoms with Crippen LogP contribution >= 0.6 is 11.3 Å². The van der Waals surface area contributed by atoms with Gasteiger partial charge in [-0.1, -0.05) is 50.0 Å². The zero-order valence-corrected chi connectivity index (χ0v) is 11.3. The van der Waals surface area contributed by atoms with Gasteiger partial charge in [-0.3, -0.25) is 0 Å². The highest BCUT2D eigenvalue weighted by Crippen LogP contribution is 2.23. The van der Waals surface area contributed by atoms with E-state index in [4.69, 9.17) is 0 Å². The Morgan fingerprint density at radius 3 is 2.20 bits per heavy atom. The molecule has 2 rings (SSSR count). The molecule has 0 aliphatic rings. The first-order chi connectivity index (χ1) is 7.09. The number of benzene rings is 1. The average molecular weight is 232 g/mol. The third kappa shape index (κ3) is 2.21. The predicted octanol–water partition coefficient (Wildman–Crippen LogP) is 3.96. The zero-order valence-electron chi connectivity index (χ0n) is 9.45. The van der Waals surface area contributed by atoms with Gasteiger partial charge in [0.2, 0.25) is 0 Å². The van der Waals surface area contributed by atoms with Crippen molar-refractivity contribution in [2.24, 2.45) is 0 Å². The van der Waals surface area contributed by atoms with Gasteiger partial charge in [-0.2, -0.15) is 11.3 Å². The third-order valence-electron chi connectivity index (χ3n) is 2.55. The average Bonchev–Trinajstić information content (AvgIpc) is 2.67. The Kier molecular flexibility index (Phi) is 2.80. The summed E-state index contributed by atoms with van der Waals surface area (Å²) in [5.74, 6) is 0. The lowest BCUT2D eigenvalue weighted by molar-refractivity contribution is 1.67. The molecule has 0 radical (unpaired) electrons. The molecule has 0 aliphatic carbocycles. The minimum atomic E-state index is -1.20. The number of hydrogen-bond donors (Lipinski definition) is 0. The van der Waals surface area contributed by atoms with E-state index in [0.717, 1.165) is 0 Å². The largest absolute Gasteiger partial charge is 0.152 e. The van der Waals surface area contributed by atoms with Gasteiger partial charge >= 0.3 is 0 Å². The van der Waals surface area contributed by atoms with Gasteiger partial charge in [0.15, 0.2) is 0 Å². The molecule has 0 bridgehead atoms. The van der Waals surface area contributed by atoms with Crippen molar-refractivity contribution in [1.82, 2.24) is 0 Å². The van der Waals surface area contributed by atoms with Crippen LogP contribution in [0.5, 0.6) is 0 Å². The van der Waals surface area contributed by atoms with Crippen molar-refractivity contribution in [1.29, 1.82) is 0 Å². The quantitative estimate of drug-likeness (QED) is 0.688. The molecule has 0 aliphatic heterocycles. The summed E-state index contributed by atoms with van der Waals surface area (Å²) >= 11 is 1.82. The van der Waals surface area contributed by atoms with Crippen molar-refractivity contribution in [3.8, 4) is 11.1 Å². The van der Waals surface area contributed by atoms with Gasteiger partial charge in [0.05, 0.1) is 8.07 Å². The van der Waals surface area contributed by atoms with Crippen LogP contribution in [0.3, 0.4) is 0 Å². The van der Waals surface area contributed by atoms with E-state index in [9.17, 15) is 0 Å². The summed E-state index contributed by atoms with van der Waals surface area (Å²) in [5, 5.41) is 6.19. The van der Waals surface area contributed by atoms with Gasteiger partial charge in [-0.25, -0.2) is 0 Å². The molecule has 1 heterocycles. The summed E-state index contributed by atoms with van der Waals surface area (Å²) in [6.45, 7) is 7.21. The van der Waals surface area contributed by atoms with Gasteiger partial charge in [0, 0.05) is 0 Å². The van der Waals surface area contributed by atoms with Crippen LogP contribution < -0.4 is 5.19 Å². The third-order valence-corrected chi connectivity index (χ3v) is 5.54. The fourth-order valence-electron chi connectivity index (χ4n) is 1.72. The van der Waals surface area contributed by atoms with E-state index in [-0.39, 0.29) is 0 Å². The second kappa shape index (κ2) is 3.95. The van der Waals surface area contributed by atoms with Crippen LogP contribution in [0.25, 0.3) is 11.1 Å². The summed E-state index contributed by atoms with van der Waals surface area (Å²) in [7, 11) is -1.20. The Morgan fingerprint density at radius 1 is 0.933 bits per heavy atom. The van der Waals surface area contributed by atoms with E-state index in [1.54, 1.807) is 5.19 Å². The van der Waals surface area contributed by atoms with Gasteiger partial charge in [0.25, 0.3) is 0 Å². The van der Waals surface area contributed by atoms with Crippen LogP contribution in [0.4, 0.5) is 0 Å². The highest BCUT2D eigenvalue weighted by Gasteiger charge is 2.21. The van der Waals surface area contributed by atoms with Crippen molar-refractivity contribution in [3.05, 3.63) is 41.1 Å². The summed E-state index contributed by atoms with van der Waals surface area (Å²) in [6.07, 6.45) is 0. The Morgan fingerprint density at radius 2 is 1.60 bits per heavy atom. The summed E-state index contributed by atoms with van der Waals surface area (Å²) < 4.78 is 0. The molecular formula is C13H16SSi. The summed E-state index contributed by atoms with van der Waals surface area (Å²) in [6, 6.07) is 10.7. The SMILES string of the molecule is C[Si](C)(C)c1cscc1-c1ccccc1. The van der Waals surface area contributed by atoms with Gasteiger partial charge in [-0.05, 0) is 27.1 Å². The Hall–Kier alpha value is -0.863. The van der Waals surface area contributed by atoms with Crippen LogP contribution in [0.15, 0.2) is 41.1 Å². The summed E-state index contributed by atoms with van der Waals surface area (Å²) in [5.41, 5.74) is 2.80. The Labute approximate surface area is 96.6 Å². The number of hydrogen-bond acceptors (Lipinski definition) is 1. The van der Waals surface area contributed by atoms with Gasteiger partial charge in [-0.15, -0.1) is 0 Å². The van der Waals surface area contributed by atoms with Crippen LogP contribution in [-0.2, 0) is 0 Å². The minimum absolute atomic E-state index is 1.20. The van der Waals surface area contributed by atoms with Crippen molar-refractivity contribution < 1.29 is 0 Å². The molecule has 0 fully saturated rings. The second-order valence-corrected chi connectivity index (χ2v) is 10.6. The van der Waals surface area contributed by atoms with Crippen molar-refractivity contribution in [2.45, 2.75) is 19.6 Å². The molecule has 78 valence electrons. The lowest BCUT2D eigenvalue weighted by Crippen LogP contribution is -2.37. The molecule has 15 heavy (non-hydrogen) atoms. The topological polar surface area (TPSA) is 0 Å². The molecule has 2 heteroatoms. The molecular weight excluding hydrogens is 216 g/mol. The first-order valence-electron chi connectivity index (χ1n) is 5.21. The molecule has 1 aromatic heterocycles. The van der Waals surface area contributed by atoms with Crippen LogP contribution in [0.2, 0.25) is 19.6 Å². The summed E-state index contributed by atoms with van der Waals surface area (Å²) in [4.78, 5) is 0. The van der Waals surface area contributed by atoms with E-state index in [1.165, 1.54) is 11.1 Å². The zero-order chi connectivity index (χ0) is 10.9. The second-order valence-electron chi connectivity index (χ2n) is 4.82. The van der Waals surface area contributed by atoms with Gasteiger partial charge < -0.3 is 0 Å². The molecule has 0 saturated heterocycles. The van der Waals surface area contributed by atoms with E-state index in [1.807, 2.05) is 11.3 Å². The van der Waals surface area contributed by atoms with E-state index in [0.29, 0.717) is 0 Å². The minimum Gasteiger partial charge on any atom is -0.152 e. The fraction of sp³-hybridized carbons (Fsp3) is 0.231. The normalized spacial score (nSPS) is 11.7. The smallest absolute Gasteiger partial charge is 0.0795 e. The van der Waals surface area contributed by atoms with Crippen molar-refractivity contribution >= 4 is 24.6 Å². The molecule has 0 unspecified atom stereocenters. The fourth-order valence-corrected chi connectivity index (χ4v) is 5.20. The highest BCUT2D eigenvalue weighted by molar-refractivity contribution is 7.11. The van der Waals surface area contributed by atoms with Crippen molar-refractivity contribution in [3.63, 3.8) is 0 Å². The standard InChI is InChI=1S/C13H16SSi/c1-15(2,3)13-10-14-9-12(13)11-7-5-4-6-8-11/h4-10H,1-3H3. The molecule has 0 nitrogen and oxygen atoms in total. The molecule has 0 amide bonds. The lowest BCUT2D eigenvalue weighted by Gasteiger charge is -2.17. The van der Waals surface area contributed by atoms with Crippen molar-refractivity contribution in [2.75, 3.05) is 0 Å². The predicted molar refractivity (Wildman–Crippen MR) is 72.7 cm³/mol. The number of rotatable bonds is 2.